The van der Waals surface area contributed by atoms with Crippen molar-refractivity contribution < 1.29 is 9.84 Å². The monoisotopic (exact) mass is 232 g/mol. The molecule has 4 nitrogen and oxygen atoms in total. The zero-order valence-corrected chi connectivity index (χ0v) is 9.78. The van der Waals surface area contributed by atoms with Crippen molar-refractivity contribution in [3.63, 3.8) is 0 Å². The van der Waals surface area contributed by atoms with Crippen molar-refractivity contribution in [2.24, 2.45) is 9.98 Å². The molecule has 17 heavy (non-hydrogen) atoms. The number of aliphatic hydroxyl groups excluding tert-OH is 1. The predicted octanol–water partition coefficient (Wildman–Crippen LogP) is 1.69. The number of hydrogen-bond acceptors (Lipinski definition) is 4. The minimum atomic E-state index is -0.576. The van der Waals surface area contributed by atoms with Crippen molar-refractivity contribution in [1.82, 2.24) is 0 Å². The van der Waals surface area contributed by atoms with Gasteiger partial charge in [-0.15, -0.1) is 0 Å². The van der Waals surface area contributed by atoms with E-state index in [1.807, 2.05) is 37.3 Å². The third kappa shape index (κ3) is 3.39. The standard InChI is InChI=1S/C13H16N2O2/c1-13(14-7-8-15-13)9-11(16)10-17-12-5-3-2-4-6-12/h2-8,11,16H,9-10H2,1H3. The van der Waals surface area contributed by atoms with Gasteiger partial charge in [0, 0.05) is 18.9 Å². The van der Waals surface area contributed by atoms with Crippen molar-refractivity contribution in [2.45, 2.75) is 25.1 Å². The zero-order valence-electron chi connectivity index (χ0n) is 9.78. The van der Waals surface area contributed by atoms with Crippen LogP contribution in [0.2, 0.25) is 0 Å². The molecule has 1 atom stereocenters. The summed E-state index contributed by atoms with van der Waals surface area (Å²) >= 11 is 0. The number of aliphatic imine (C=N–C) groups is 2. The highest BCUT2D eigenvalue weighted by atomic mass is 16.5. The van der Waals surface area contributed by atoms with Gasteiger partial charge >= 0.3 is 0 Å². The van der Waals surface area contributed by atoms with Crippen LogP contribution in [0.5, 0.6) is 5.75 Å². The maximum Gasteiger partial charge on any atom is 0.149 e. The fraction of sp³-hybridized carbons (Fsp3) is 0.385. The van der Waals surface area contributed by atoms with E-state index in [1.165, 1.54) is 0 Å². The first-order chi connectivity index (χ1) is 8.18. The van der Waals surface area contributed by atoms with Crippen LogP contribution in [0.15, 0.2) is 40.3 Å². The van der Waals surface area contributed by atoms with Crippen molar-refractivity contribution >= 4 is 12.4 Å². The first-order valence-corrected chi connectivity index (χ1v) is 5.63. The first kappa shape index (κ1) is 11.8. The van der Waals surface area contributed by atoms with Crippen LogP contribution in [-0.4, -0.2) is 35.9 Å². The van der Waals surface area contributed by atoms with Crippen LogP contribution in [0.25, 0.3) is 0 Å². The summed E-state index contributed by atoms with van der Waals surface area (Å²) in [5.41, 5.74) is -0.528. The van der Waals surface area contributed by atoms with Crippen LogP contribution in [0.4, 0.5) is 0 Å². The second-order valence-electron chi connectivity index (χ2n) is 4.26. The van der Waals surface area contributed by atoms with E-state index in [-0.39, 0.29) is 6.61 Å². The lowest BCUT2D eigenvalue weighted by molar-refractivity contribution is 0.0834. The topological polar surface area (TPSA) is 54.2 Å². The fourth-order valence-electron chi connectivity index (χ4n) is 1.74. The summed E-state index contributed by atoms with van der Waals surface area (Å²) < 4.78 is 5.47. The number of aliphatic hydroxyl groups is 1. The van der Waals surface area contributed by atoms with Crippen molar-refractivity contribution in [3.05, 3.63) is 30.3 Å². The fourth-order valence-corrected chi connectivity index (χ4v) is 1.74. The molecule has 0 bridgehead atoms. The minimum Gasteiger partial charge on any atom is -0.491 e. The second-order valence-corrected chi connectivity index (χ2v) is 4.26. The number of hydrogen-bond donors (Lipinski definition) is 1. The molecule has 0 saturated carbocycles. The summed E-state index contributed by atoms with van der Waals surface area (Å²) in [5.74, 6) is 0.759. The van der Waals surface area contributed by atoms with Gasteiger partial charge in [-0.05, 0) is 19.1 Å². The van der Waals surface area contributed by atoms with E-state index < -0.39 is 11.8 Å². The molecule has 2 rings (SSSR count). The number of nitrogens with zero attached hydrogens (tertiary/aromatic N) is 2. The maximum atomic E-state index is 9.86. The molecule has 90 valence electrons. The maximum absolute atomic E-state index is 9.86. The normalized spacial score (nSPS) is 18.2. The molecule has 1 aromatic carbocycles. The summed E-state index contributed by atoms with van der Waals surface area (Å²) in [7, 11) is 0. The van der Waals surface area contributed by atoms with Gasteiger partial charge in [0.2, 0.25) is 0 Å². The molecule has 0 spiro atoms. The number of benzene rings is 1. The van der Waals surface area contributed by atoms with E-state index in [9.17, 15) is 5.11 Å². The zero-order chi connectivity index (χ0) is 12.1. The molecule has 0 amide bonds. The van der Waals surface area contributed by atoms with Crippen LogP contribution < -0.4 is 4.74 Å². The first-order valence-electron chi connectivity index (χ1n) is 5.63. The molecule has 1 heterocycles. The Kier molecular flexibility index (Phi) is 3.54. The Labute approximate surface area is 101 Å². The van der Waals surface area contributed by atoms with E-state index in [2.05, 4.69) is 9.98 Å². The van der Waals surface area contributed by atoms with Crippen LogP contribution in [0.1, 0.15) is 13.3 Å². The Hall–Kier alpha value is -1.68. The molecule has 0 aromatic heterocycles. The average Bonchev–Trinajstić information content (AvgIpc) is 2.74. The highest BCUT2D eigenvalue weighted by Crippen LogP contribution is 2.21. The molecule has 1 unspecified atom stereocenters. The molecule has 1 N–H and O–H groups in total. The third-order valence-electron chi connectivity index (χ3n) is 2.58. The van der Waals surface area contributed by atoms with Gasteiger partial charge in [-0.25, -0.2) is 0 Å². The molecular formula is C13H16N2O2. The molecule has 4 heteroatoms. The van der Waals surface area contributed by atoms with Gasteiger partial charge in [-0.1, -0.05) is 18.2 Å². The Morgan fingerprint density at radius 1 is 1.24 bits per heavy atom. The summed E-state index contributed by atoms with van der Waals surface area (Å²) in [6, 6.07) is 9.44. The lowest BCUT2D eigenvalue weighted by Gasteiger charge is -2.21. The van der Waals surface area contributed by atoms with Gasteiger partial charge in [-0.3, -0.25) is 9.98 Å². The summed E-state index contributed by atoms with van der Waals surface area (Å²) in [6.07, 6.45) is 3.20. The predicted molar refractivity (Wildman–Crippen MR) is 67.9 cm³/mol. The molecule has 1 aromatic rings. The number of para-hydroxylation sites is 1. The lowest BCUT2D eigenvalue weighted by Crippen LogP contribution is -2.28. The third-order valence-corrected chi connectivity index (χ3v) is 2.58. The number of rotatable bonds is 5. The molecule has 0 radical (unpaired) electrons. The summed E-state index contributed by atoms with van der Waals surface area (Å²) in [4.78, 5) is 8.40. The SMILES string of the molecule is CC1(CC(O)COc2ccccc2)N=CC=N1. The van der Waals surface area contributed by atoms with Gasteiger partial charge in [0.25, 0.3) is 0 Å². The summed E-state index contributed by atoms with van der Waals surface area (Å²) in [6.45, 7) is 2.14. The van der Waals surface area contributed by atoms with Crippen molar-refractivity contribution in [2.75, 3.05) is 6.61 Å². The van der Waals surface area contributed by atoms with Gasteiger partial charge in [0.05, 0.1) is 6.10 Å². The van der Waals surface area contributed by atoms with E-state index in [0.717, 1.165) is 5.75 Å². The van der Waals surface area contributed by atoms with Gasteiger partial charge in [0.1, 0.15) is 18.0 Å². The van der Waals surface area contributed by atoms with Crippen LogP contribution in [0.3, 0.4) is 0 Å². The van der Waals surface area contributed by atoms with Crippen LogP contribution >= 0.6 is 0 Å². The quantitative estimate of drug-likeness (QED) is 0.839. The van der Waals surface area contributed by atoms with E-state index in [0.29, 0.717) is 6.42 Å². The Balaban J connectivity index is 1.80. The molecular weight excluding hydrogens is 216 g/mol. The largest absolute Gasteiger partial charge is 0.491 e. The van der Waals surface area contributed by atoms with Crippen molar-refractivity contribution in [3.8, 4) is 5.75 Å². The van der Waals surface area contributed by atoms with Crippen LogP contribution in [-0.2, 0) is 0 Å². The molecule has 1 aliphatic heterocycles. The smallest absolute Gasteiger partial charge is 0.149 e. The summed E-state index contributed by atoms with van der Waals surface area (Å²) in [5, 5.41) is 9.86. The second kappa shape index (κ2) is 5.10. The van der Waals surface area contributed by atoms with Crippen molar-refractivity contribution in [1.29, 1.82) is 0 Å². The Bertz CT molecular complexity index is 403. The Morgan fingerprint density at radius 3 is 2.53 bits per heavy atom. The van der Waals surface area contributed by atoms with Gasteiger partial charge < -0.3 is 9.84 Å². The van der Waals surface area contributed by atoms with Crippen LogP contribution in [0, 0.1) is 0 Å². The molecule has 0 fully saturated rings. The number of ether oxygens (including phenoxy) is 1. The molecule has 0 saturated heterocycles. The highest BCUT2D eigenvalue weighted by molar-refractivity contribution is 6.17. The minimum absolute atomic E-state index is 0.255. The Morgan fingerprint density at radius 2 is 1.88 bits per heavy atom. The lowest BCUT2D eigenvalue weighted by atomic mass is 10.1. The van der Waals surface area contributed by atoms with Gasteiger partial charge in [-0.2, -0.15) is 0 Å². The van der Waals surface area contributed by atoms with E-state index >= 15 is 0 Å². The molecule has 1 aliphatic rings. The van der Waals surface area contributed by atoms with Gasteiger partial charge in [0.15, 0.2) is 0 Å². The average molecular weight is 232 g/mol. The van der Waals surface area contributed by atoms with E-state index in [1.54, 1.807) is 12.4 Å². The van der Waals surface area contributed by atoms with E-state index in [4.69, 9.17) is 4.74 Å². The highest BCUT2D eigenvalue weighted by Gasteiger charge is 2.26. The molecule has 0 aliphatic carbocycles.